The van der Waals surface area contributed by atoms with Crippen LogP contribution in [0.25, 0.3) is 10.8 Å². The zero-order valence-electron chi connectivity index (χ0n) is 13.5. The first-order valence-corrected chi connectivity index (χ1v) is 7.82. The summed E-state index contributed by atoms with van der Waals surface area (Å²) in [5, 5.41) is 5.09. The second kappa shape index (κ2) is 7.23. The van der Waals surface area contributed by atoms with E-state index in [2.05, 4.69) is 5.32 Å². The molecule has 0 fully saturated rings. The van der Waals surface area contributed by atoms with Crippen LogP contribution in [-0.4, -0.2) is 24.4 Å². The van der Waals surface area contributed by atoms with Crippen molar-refractivity contribution in [3.8, 4) is 0 Å². The fourth-order valence-electron chi connectivity index (χ4n) is 2.73. The average molecular weight is 322 g/mol. The third kappa shape index (κ3) is 3.97. The molecule has 1 amide bonds. The second-order valence-corrected chi connectivity index (χ2v) is 5.87. The number of nitrogens with one attached hydrogen (secondary N) is 1. The normalized spacial score (nSPS) is 11.0. The van der Waals surface area contributed by atoms with Crippen LogP contribution < -0.4 is 5.32 Å². The van der Waals surface area contributed by atoms with E-state index >= 15 is 0 Å². The molecule has 0 radical (unpaired) electrons. The Balaban J connectivity index is 1.63. The van der Waals surface area contributed by atoms with Gasteiger partial charge in [-0.05, 0) is 36.2 Å². The molecule has 3 aromatic rings. The van der Waals surface area contributed by atoms with Crippen LogP contribution in [0.15, 0.2) is 66.7 Å². The predicted octanol–water partition coefficient (Wildman–Crippen LogP) is 4.05. The standard InChI is InChI=1S/C20H19FN2O/c1-23(13-15-9-11-17(21)12-10-15)14-20(24)22-19-8-4-6-16-5-2-3-7-18(16)19/h2-12H,13-14H2,1H3,(H,22,24). The number of nitrogens with zero attached hydrogens (tertiary/aromatic N) is 1. The van der Waals surface area contributed by atoms with E-state index < -0.39 is 0 Å². The van der Waals surface area contributed by atoms with Gasteiger partial charge in [0, 0.05) is 17.6 Å². The molecule has 0 saturated carbocycles. The number of fused-ring (bicyclic) bond motifs is 1. The Bertz CT molecular complexity index is 840. The zero-order valence-corrected chi connectivity index (χ0v) is 13.5. The van der Waals surface area contributed by atoms with Gasteiger partial charge >= 0.3 is 0 Å². The molecule has 0 aliphatic rings. The summed E-state index contributed by atoms with van der Waals surface area (Å²) in [6.45, 7) is 0.851. The Morgan fingerprint density at radius 1 is 1.00 bits per heavy atom. The molecular formula is C20H19FN2O. The van der Waals surface area contributed by atoms with Crippen LogP contribution in [0.1, 0.15) is 5.56 Å². The lowest BCUT2D eigenvalue weighted by atomic mass is 10.1. The van der Waals surface area contributed by atoms with Gasteiger partial charge in [-0.25, -0.2) is 4.39 Å². The zero-order chi connectivity index (χ0) is 16.9. The van der Waals surface area contributed by atoms with Crippen LogP contribution in [0.2, 0.25) is 0 Å². The van der Waals surface area contributed by atoms with Crippen LogP contribution >= 0.6 is 0 Å². The van der Waals surface area contributed by atoms with Crippen molar-refractivity contribution in [2.45, 2.75) is 6.54 Å². The summed E-state index contributed by atoms with van der Waals surface area (Å²) in [5.74, 6) is -0.328. The highest BCUT2D eigenvalue weighted by atomic mass is 19.1. The molecule has 3 rings (SSSR count). The molecule has 3 aromatic carbocycles. The van der Waals surface area contributed by atoms with Gasteiger partial charge in [-0.2, -0.15) is 0 Å². The topological polar surface area (TPSA) is 32.3 Å². The quantitative estimate of drug-likeness (QED) is 0.768. The minimum absolute atomic E-state index is 0.0732. The van der Waals surface area contributed by atoms with Crippen molar-refractivity contribution in [3.05, 3.63) is 78.1 Å². The molecule has 0 heterocycles. The van der Waals surface area contributed by atoms with E-state index in [4.69, 9.17) is 0 Å². The fraction of sp³-hybridized carbons (Fsp3) is 0.150. The number of benzene rings is 3. The molecule has 4 heteroatoms. The smallest absolute Gasteiger partial charge is 0.238 e. The van der Waals surface area contributed by atoms with Gasteiger partial charge in [-0.3, -0.25) is 9.69 Å². The number of carbonyl (C=O) groups excluding carboxylic acids is 1. The lowest BCUT2D eigenvalue weighted by Crippen LogP contribution is -2.29. The number of amides is 1. The minimum atomic E-state index is -0.255. The molecule has 0 bridgehead atoms. The Hall–Kier alpha value is -2.72. The van der Waals surface area contributed by atoms with Gasteiger partial charge in [0.25, 0.3) is 0 Å². The van der Waals surface area contributed by atoms with E-state index in [0.717, 1.165) is 22.0 Å². The Morgan fingerprint density at radius 3 is 2.50 bits per heavy atom. The van der Waals surface area contributed by atoms with Crippen molar-refractivity contribution >= 4 is 22.4 Å². The van der Waals surface area contributed by atoms with Gasteiger partial charge in [-0.1, -0.05) is 48.5 Å². The molecular weight excluding hydrogens is 303 g/mol. The van der Waals surface area contributed by atoms with Crippen molar-refractivity contribution in [2.24, 2.45) is 0 Å². The Labute approximate surface area is 140 Å². The molecule has 3 nitrogen and oxygen atoms in total. The highest BCUT2D eigenvalue weighted by molar-refractivity contribution is 6.02. The maximum Gasteiger partial charge on any atom is 0.238 e. The van der Waals surface area contributed by atoms with Crippen molar-refractivity contribution in [1.29, 1.82) is 0 Å². The van der Waals surface area contributed by atoms with E-state index in [9.17, 15) is 9.18 Å². The van der Waals surface area contributed by atoms with Gasteiger partial charge in [0.1, 0.15) is 5.82 Å². The molecule has 0 unspecified atom stereocenters. The minimum Gasteiger partial charge on any atom is -0.324 e. The SMILES string of the molecule is CN(CC(=O)Nc1cccc2ccccc12)Cc1ccc(F)cc1. The maximum atomic E-state index is 12.9. The summed E-state index contributed by atoms with van der Waals surface area (Å²) >= 11 is 0. The lowest BCUT2D eigenvalue weighted by molar-refractivity contribution is -0.117. The van der Waals surface area contributed by atoms with E-state index in [-0.39, 0.29) is 18.3 Å². The molecule has 0 saturated heterocycles. The van der Waals surface area contributed by atoms with Crippen LogP contribution in [0.5, 0.6) is 0 Å². The number of halogens is 1. The molecule has 1 N–H and O–H groups in total. The molecule has 0 spiro atoms. The van der Waals surface area contributed by atoms with E-state index in [1.165, 1.54) is 12.1 Å². The maximum absolute atomic E-state index is 12.9. The average Bonchev–Trinajstić information content (AvgIpc) is 2.57. The third-order valence-electron chi connectivity index (χ3n) is 3.84. The van der Waals surface area contributed by atoms with Crippen LogP contribution in [-0.2, 0) is 11.3 Å². The first-order valence-electron chi connectivity index (χ1n) is 7.82. The summed E-state index contributed by atoms with van der Waals surface area (Å²) in [6.07, 6.45) is 0. The molecule has 0 aromatic heterocycles. The molecule has 0 atom stereocenters. The summed E-state index contributed by atoms with van der Waals surface area (Å²) in [6, 6.07) is 20.1. The highest BCUT2D eigenvalue weighted by Crippen LogP contribution is 2.22. The number of rotatable bonds is 5. The summed E-state index contributed by atoms with van der Waals surface area (Å²) in [7, 11) is 1.87. The van der Waals surface area contributed by atoms with Gasteiger partial charge in [0.2, 0.25) is 5.91 Å². The van der Waals surface area contributed by atoms with E-state index in [1.807, 2.05) is 54.4 Å². The second-order valence-electron chi connectivity index (χ2n) is 5.87. The number of anilines is 1. The van der Waals surface area contributed by atoms with Crippen molar-refractivity contribution < 1.29 is 9.18 Å². The third-order valence-corrected chi connectivity index (χ3v) is 3.84. The summed E-state index contributed by atoms with van der Waals surface area (Å²) in [4.78, 5) is 14.2. The number of hydrogen-bond acceptors (Lipinski definition) is 2. The van der Waals surface area contributed by atoms with Crippen LogP contribution in [0.3, 0.4) is 0 Å². The molecule has 24 heavy (non-hydrogen) atoms. The molecule has 0 aliphatic heterocycles. The van der Waals surface area contributed by atoms with E-state index in [0.29, 0.717) is 6.54 Å². The van der Waals surface area contributed by atoms with Crippen molar-refractivity contribution in [2.75, 3.05) is 18.9 Å². The Morgan fingerprint density at radius 2 is 1.71 bits per heavy atom. The monoisotopic (exact) mass is 322 g/mol. The van der Waals surface area contributed by atoms with Crippen molar-refractivity contribution in [1.82, 2.24) is 4.90 Å². The highest BCUT2D eigenvalue weighted by Gasteiger charge is 2.09. The fourth-order valence-corrected chi connectivity index (χ4v) is 2.73. The summed E-state index contributed by atoms with van der Waals surface area (Å²) < 4.78 is 12.9. The van der Waals surface area contributed by atoms with Crippen LogP contribution in [0.4, 0.5) is 10.1 Å². The van der Waals surface area contributed by atoms with Crippen molar-refractivity contribution in [3.63, 3.8) is 0 Å². The first kappa shape index (κ1) is 16.1. The van der Waals surface area contributed by atoms with Crippen LogP contribution in [0, 0.1) is 5.82 Å². The van der Waals surface area contributed by atoms with Gasteiger partial charge in [-0.15, -0.1) is 0 Å². The lowest BCUT2D eigenvalue weighted by Gasteiger charge is -2.17. The largest absolute Gasteiger partial charge is 0.324 e. The molecule has 0 aliphatic carbocycles. The van der Waals surface area contributed by atoms with Gasteiger partial charge in [0.05, 0.1) is 6.54 Å². The van der Waals surface area contributed by atoms with Gasteiger partial charge < -0.3 is 5.32 Å². The predicted molar refractivity (Wildman–Crippen MR) is 95.3 cm³/mol. The van der Waals surface area contributed by atoms with Gasteiger partial charge in [0.15, 0.2) is 0 Å². The number of carbonyl (C=O) groups is 1. The molecule has 122 valence electrons. The Kier molecular flexibility index (Phi) is 4.87. The number of likely N-dealkylation sites (N-methyl/N-ethyl adjacent to an activating group) is 1. The first-order chi connectivity index (χ1) is 11.6. The number of hydrogen-bond donors (Lipinski definition) is 1. The van der Waals surface area contributed by atoms with E-state index in [1.54, 1.807) is 12.1 Å². The summed E-state index contributed by atoms with van der Waals surface area (Å²) in [5.41, 5.74) is 1.78.